The number of hydrogen-bond acceptors (Lipinski definition) is 3. The quantitative estimate of drug-likeness (QED) is 0.215. The molecule has 1 amide bonds. The first kappa shape index (κ1) is 25.8. The standard InChI is InChI=1S/C30H34ClN3O2/c1-4-21(2)23-14-16-26(17-15-23)36-19-8-7-18-34-28-13-6-5-12-27(28)33-29(34)22(3)32-30(35)24-10-9-11-25(31)20-24/h5-6,9-17,20-22H,4,7-8,18-19H2,1-3H3,(H,32,35). The maximum absolute atomic E-state index is 12.8. The lowest BCUT2D eigenvalue weighted by atomic mass is 9.99. The van der Waals surface area contributed by atoms with Crippen molar-refractivity contribution in [2.24, 2.45) is 0 Å². The number of carbonyl (C=O) groups excluding carboxylic acids is 1. The topological polar surface area (TPSA) is 56.1 Å². The number of fused-ring (bicyclic) bond motifs is 1. The molecule has 0 spiro atoms. The monoisotopic (exact) mass is 503 g/mol. The molecule has 6 heteroatoms. The van der Waals surface area contributed by atoms with E-state index in [0.29, 0.717) is 23.1 Å². The van der Waals surface area contributed by atoms with E-state index in [1.54, 1.807) is 24.3 Å². The first-order valence-corrected chi connectivity index (χ1v) is 13.1. The number of rotatable bonds is 11. The molecule has 1 N–H and O–H groups in total. The van der Waals surface area contributed by atoms with Crippen LogP contribution in [0.25, 0.3) is 11.0 Å². The van der Waals surface area contributed by atoms with Gasteiger partial charge in [0.2, 0.25) is 0 Å². The molecule has 0 radical (unpaired) electrons. The molecule has 0 aliphatic carbocycles. The van der Waals surface area contributed by atoms with Gasteiger partial charge < -0.3 is 14.6 Å². The van der Waals surface area contributed by atoms with Gasteiger partial charge in [0.1, 0.15) is 11.6 Å². The number of hydrogen-bond donors (Lipinski definition) is 1. The largest absolute Gasteiger partial charge is 0.494 e. The summed E-state index contributed by atoms with van der Waals surface area (Å²) in [4.78, 5) is 17.6. The molecule has 0 aliphatic rings. The van der Waals surface area contributed by atoms with Crippen LogP contribution in [-0.2, 0) is 6.54 Å². The Morgan fingerprint density at radius 2 is 1.81 bits per heavy atom. The molecular weight excluding hydrogens is 470 g/mol. The van der Waals surface area contributed by atoms with Gasteiger partial charge in [0.05, 0.1) is 23.7 Å². The molecule has 36 heavy (non-hydrogen) atoms. The van der Waals surface area contributed by atoms with E-state index in [9.17, 15) is 4.79 Å². The lowest BCUT2D eigenvalue weighted by molar-refractivity contribution is 0.0937. The maximum Gasteiger partial charge on any atom is 0.251 e. The first-order chi connectivity index (χ1) is 17.5. The molecule has 2 unspecified atom stereocenters. The smallest absolute Gasteiger partial charge is 0.251 e. The van der Waals surface area contributed by atoms with E-state index in [-0.39, 0.29) is 11.9 Å². The second-order valence-electron chi connectivity index (χ2n) is 9.25. The van der Waals surface area contributed by atoms with Crippen LogP contribution < -0.4 is 10.1 Å². The summed E-state index contributed by atoms with van der Waals surface area (Å²) in [7, 11) is 0. The molecule has 0 saturated heterocycles. The molecule has 0 saturated carbocycles. The van der Waals surface area contributed by atoms with Gasteiger partial charge in [0.25, 0.3) is 5.91 Å². The molecule has 3 aromatic carbocycles. The highest BCUT2D eigenvalue weighted by Crippen LogP contribution is 2.24. The Kier molecular flexibility index (Phi) is 8.65. The predicted molar refractivity (Wildman–Crippen MR) is 147 cm³/mol. The second-order valence-corrected chi connectivity index (χ2v) is 9.69. The number of nitrogens with zero attached hydrogens (tertiary/aromatic N) is 2. The number of amides is 1. The lowest BCUT2D eigenvalue weighted by Gasteiger charge is -2.17. The van der Waals surface area contributed by atoms with Gasteiger partial charge in [-0.2, -0.15) is 0 Å². The number of nitrogens with one attached hydrogen (secondary N) is 1. The number of para-hydroxylation sites is 2. The molecule has 5 nitrogen and oxygen atoms in total. The number of halogens is 1. The molecule has 4 rings (SSSR count). The van der Waals surface area contributed by atoms with Gasteiger partial charge in [-0.3, -0.25) is 4.79 Å². The summed E-state index contributed by atoms with van der Waals surface area (Å²) >= 11 is 6.06. The van der Waals surface area contributed by atoms with Crippen LogP contribution in [-0.4, -0.2) is 22.1 Å². The number of imidazole rings is 1. The Hall–Kier alpha value is -3.31. The fraction of sp³-hybridized carbons (Fsp3) is 0.333. The Labute approximate surface area is 218 Å². The van der Waals surface area contributed by atoms with Crippen molar-refractivity contribution in [2.75, 3.05) is 6.61 Å². The van der Waals surface area contributed by atoms with Crippen molar-refractivity contribution in [3.8, 4) is 5.75 Å². The molecule has 188 valence electrons. The molecule has 4 aromatic rings. The van der Waals surface area contributed by atoms with E-state index in [1.165, 1.54) is 5.56 Å². The number of aromatic nitrogens is 2. The van der Waals surface area contributed by atoms with Crippen LogP contribution in [0.5, 0.6) is 5.75 Å². The molecule has 0 fully saturated rings. The molecule has 2 atom stereocenters. The summed E-state index contributed by atoms with van der Waals surface area (Å²) in [5.41, 5.74) is 3.87. The summed E-state index contributed by atoms with van der Waals surface area (Å²) in [6, 6.07) is 23.2. The summed E-state index contributed by atoms with van der Waals surface area (Å²) in [5.74, 6) is 2.15. The van der Waals surface area contributed by atoms with E-state index in [2.05, 4.69) is 54.1 Å². The van der Waals surface area contributed by atoms with Crippen LogP contribution in [0.15, 0.2) is 72.8 Å². The van der Waals surface area contributed by atoms with Crippen molar-refractivity contribution in [3.05, 3.63) is 94.8 Å². The van der Waals surface area contributed by atoms with Crippen molar-refractivity contribution in [1.29, 1.82) is 0 Å². The van der Waals surface area contributed by atoms with Crippen LogP contribution >= 0.6 is 11.6 Å². The van der Waals surface area contributed by atoms with Gasteiger partial charge in [-0.05, 0) is 80.1 Å². The summed E-state index contributed by atoms with van der Waals surface area (Å²) < 4.78 is 8.19. The zero-order valence-corrected chi connectivity index (χ0v) is 22.0. The molecule has 1 heterocycles. The van der Waals surface area contributed by atoms with Gasteiger partial charge in [0, 0.05) is 17.1 Å². The number of benzene rings is 3. The molecule has 0 aliphatic heterocycles. The number of carbonyl (C=O) groups is 1. The predicted octanol–water partition coefficient (Wildman–Crippen LogP) is 7.55. The van der Waals surface area contributed by atoms with Gasteiger partial charge in [-0.1, -0.05) is 55.8 Å². The normalized spacial score (nSPS) is 12.9. The minimum atomic E-state index is -0.260. The van der Waals surface area contributed by atoms with Crippen molar-refractivity contribution < 1.29 is 9.53 Å². The highest BCUT2D eigenvalue weighted by atomic mass is 35.5. The Balaban J connectivity index is 1.38. The zero-order chi connectivity index (χ0) is 25.5. The highest BCUT2D eigenvalue weighted by molar-refractivity contribution is 6.30. The van der Waals surface area contributed by atoms with Gasteiger partial charge in [0.15, 0.2) is 0 Å². The van der Waals surface area contributed by atoms with E-state index < -0.39 is 0 Å². The van der Waals surface area contributed by atoms with E-state index in [4.69, 9.17) is 21.3 Å². The molecule has 1 aromatic heterocycles. The Bertz CT molecular complexity index is 1300. The summed E-state index contributed by atoms with van der Waals surface area (Å²) in [6.45, 7) is 7.87. The number of unbranched alkanes of at least 4 members (excludes halogenated alkanes) is 1. The fourth-order valence-electron chi connectivity index (χ4n) is 4.32. The van der Waals surface area contributed by atoms with E-state index in [0.717, 1.165) is 48.4 Å². The van der Waals surface area contributed by atoms with E-state index in [1.807, 2.05) is 25.1 Å². The summed E-state index contributed by atoms with van der Waals surface area (Å²) in [5, 5.41) is 3.61. The van der Waals surface area contributed by atoms with Crippen LogP contribution in [0, 0.1) is 0 Å². The van der Waals surface area contributed by atoms with Gasteiger partial charge in [-0.25, -0.2) is 4.98 Å². The minimum Gasteiger partial charge on any atom is -0.494 e. The Morgan fingerprint density at radius 1 is 1.03 bits per heavy atom. The van der Waals surface area contributed by atoms with Crippen LogP contribution in [0.2, 0.25) is 5.02 Å². The Morgan fingerprint density at radius 3 is 2.56 bits per heavy atom. The van der Waals surface area contributed by atoms with Gasteiger partial charge in [-0.15, -0.1) is 0 Å². The number of aryl methyl sites for hydroxylation is 1. The van der Waals surface area contributed by atoms with Crippen molar-refractivity contribution in [1.82, 2.24) is 14.9 Å². The molecule has 0 bridgehead atoms. The zero-order valence-electron chi connectivity index (χ0n) is 21.2. The third-order valence-electron chi connectivity index (χ3n) is 6.61. The van der Waals surface area contributed by atoms with Crippen LogP contribution in [0.4, 0.5) is 0 Å². The van der Waals surface area contributed by atoms with Crippen molar-refractivity contribution in [2.45, 2.75) is 58.5 Å². The third kappa shape index (κ3) is 6.27. The van der Waals surface area contributed by atoms with Crippen LogP contribution in [0.3, 0.4) is 0 Å². The fourth-order valence-corrected chi connectivity index (χ4v) is 4.51. The first-order valence-electron chi connectivity index (χ1n) is 12.7. The summed E-state index contributed by atoms with van der Waals surface area (Å²) in [6.07, 6.45) is 2.99. The van der Waals surface area contributed by atoms with E-state index >= 15 is 0 Å². The minimum absolute atomic E-state index is 0.170. The average molecular weight is 504 g/mol. The maximum atomic E-state index is 12.8. The lowest BCUT2D eigenvalue weighted by Crippen LogP contribution is -2.28. The van der Waals surface area contributed by atoms with Crippen molar-refractivity contribution >= 4 is 28.5 Å². The second kappa shape index (κ2) is 12.1. The van der Waals surface area contributed by atoms with Crippen molar-refractivity contribution in [3.63, 3.8) is 0 Å². The average Bonchev–Trinajstić information content (AvgIpc) is 3.27. The SMILES string of the molecule is CCC(C)c1ccc(OCCCCn2c(C(C)NC(=O)c3cccc(Cl)c3)nc3ccccc32)cc1. The van der Waals surface area contributed by atoms with Crippen LogP contribution in [0.1, 0.15) is 73.7 Å². The number of ether oxygens (including phenoxy) is 1. The highest BCUT2D eigenvalue weighted by Gasteiger charge is 2.19. The molecular formula is C30H34ClN3O2. The van der Waals surface area contributed by atoms with Gasteiger partial charge >= 0.3 is 0 Å². The third-order valence-corrected chi connectivity index (χ3v) is 6.85.